The maximum atomic E-state index is 12.3. The Kier molecular flexibility index (Phi) is 4.27. The largest absolute Gasteiger partial charge is 0.425 e. The van der Waals surface area contributed by atoms with Gasteiger partial charge in [0, 0.05) is 11.1 Å². The monoisotopic (exact) mass is 269 g/mol. The van der Waals surface area contributed by atoms with E-state index < -0.39 is 12.0 Å². The van der Waals surface area contributed by atoms with Crippen LogP contribution >= 0.6 is 0 Å². The number of rotatable bonds is 4. The van der Waals surface area contributed by atoms with Crippen LogP contribution in [0.25, 0.3) is 0 Å². The van der Waals surface area contributed by atoms with Crippen molar-refractivity contribution >= 4 is 11.8 Å². The Balaban J connectivity index is 2.22. The minimum Gasteiger partial charge on any atom is -0.425 e. The number of hydrogen-bond donors (Lipinski definition) is 1. The molecule has 0 aromatic heterocycles. The van der Waals surface area contributed by atoms with Gasteiger partial charge in [-0.1, -0.05) is 42.5 Å². The topological polar surface area (TPSA) is 69.4 Å². The van der Waals surface area contributed by atoms with Gasteiger partial charge in [-0.25, -0.2) is 4.79 Å². The molecule has 0 radical (unpaired) electrons. The van der Waals surface area contributed by atoms with Crippen molar-refractivity contribution < 1.29 is 14.3 Å². The zero-order valence-electron chi connectivity index (χ0n) is 11.1. The van der Waals surface area contributed by atoms with E-state index in [-0.39, 0.29) is 5.78 Å². The number of hydrogen-bond acceptors (Lipinski definition) is 4. The van der Waals surface area contributed by atoms with E-state index in [1.165, 1.54) is 6.07 Å². The van der Waals surface area contributed by atoms with Crippen molar-refractivity contribution in [1.82, 2.24) is 0 Å². The maximum absolute atomic E-state index is 12.3. The summed E-state index contributed by atoms with van der Waals surface area (Å²) in [7, 11) is 0. The van der Waals surface area contributed by atoms with Gasteiger partial charge in [0.2, 0.25) is 0 Å². The molecule has 2 rings (SSSR count). The van der Waals surface area contributed by atoms with Gasteiger partial charge in [-0.2, -0.15) is 0 Å². The molecule has 0 aliphatic carbocycles. The summed E-state index contributed by atoms with van der Waals surface area (Å²) >= 11 is 0. The summed E-state index contributed by atoms with van der Waals surface area (Å²) in [5.74, 6) is -0.340. The molecule has 0 unspecified atom stereocenters. The van der Waals surface area contributed by atoms with Gasteiger partial charge in [0.25, 0.3) is 0 Å². The van der Waals surface area contributed by atoms with Gasteiger partial charge in [-0.15, -0.1) is 0 Å². The molecule has 4 nitrogen and oxygen atoms in total. The first-order chi connectivity index (χ1) is 9.58. The van der Waals surface area contributed by atoms with Gasteiger partial charge < -0.3 is 10.5 Å². The molecule has 0 heterocycles. The zero-order valence-corrected chi connectivity index (χ0v) is 11.1. The highest BCUT2D eigenvalue weighted by molar-refractivity contribution is 6.09. The maximum Gasteiger partial charge on any atom is 0.328 e. The van der Waals surface area contributed by atoms with Crippen LogP contribution in [0.2, 0.25) is 0 Å². The number of nitrogens with two attached hydrogens (primary N) is 1. The lowest BCUT2D eigenvalue weighted by Crippen LogP contribution is -2.30. The number of ether oxygens (including phenoxy) is 1. The molecule has 20 heavy (non-hydrogen) atoms. The third-order valence-electron chi connectivity index (χ3n) is 2.72. The highest BCUT2D eigenvalue weighted by Gasteiger charge is 2.13. The molecule has 0 saturated carbocycles. The Morgan fingerprint density at radius 2 is 1.65 bits per heavy atom. The summed E-state index contributed by atoms with van der Waals surface area (Å²) in [6, 6.07) is 14.7. The number of ketones is 1. The van der Waals surface area contributed by atoms with Crippen LogP contribution in [0.15, 0.2) is 54.6 Å². The van der Waals surface area contributed by atoms with E-state index in [2.05, 4.69) is 0 Å². The lowest BCUT2D eigenvalue weighted by atomic mass is 10.0. The zero-order chi connectivity index (χ0) is 14.5. The second kappa shape index (κ2) is 6.12. The standard InChI is InChI=1S/C16H15NO3/c1-11(17)16(19)20-14-9-5-8-13(10-14)15(18)12-6-3-2-4-7-12/h2-11H,17H2,1H3/t11-/m0/s1. The van der Waals surface area contributed by atoms with E-state index in [4.69, 9.17) is 10.5 Å². The second-order valence-electron chi connectivity index (χ2n) is 4.43. The van der Waals surface area contributed by atoms with Crippen molar-refractivity contribution in [3.8, 4) is 5.75 Å². The molecular formula is C16H15NO3. The second-order valence-corrected chi connectivity index (χ2v) is 4.43. The van der Waals surface area contributed by atoms with Crippen molar-refractivity contribution in [1.29, 1.82) is 0 Å². The van der Waals surface area contributed by atoms with E-state index in [0.717, 1.165) is 0 Å². The Bertz CT molecular complexity index is 621. The van der Waals surface area contributed by atoms with E-state index >= 15 is 0 Å². The summed E-state index contributed by atoms with van der Waals surface area (Å²) in [5, 5.41) is 0. The van der Waals surface area contributed by atoms with Crippen LogP contribution in [0.4, 0.5) is 0 Å². The third kappa shape index (κ3) is 3.30. The van der Waals surface area contributed by atoms with Crippen molar-refractivity contribution in [2.45, 2.75) is 13.0 Å². The highest BCUT2D eigenvalue weighted by atomic mass is 16.5. The lowest BCUT2D eigenvalue weighted by Gasteiger charge is -2.08. The van der Waals surface area contributed by atoms with Crippen LogP contribution in [-0.4, -0.2) is 17.8 Å². The van der Waals surface area contributed by atoms with E-state index in [1.807, 2.05) is 6.07 Å². The SMILES string of the molecule is C[C@H](N)C(=O)Oc1cccc(C(=O)c2ccccc2)c1. The third-order valence-corrected chi connectivity index (χ3v) is 2.72. The van der Waals surface area contributed by atoms with Crippen LogP contribution in [-0.2, 0) is 4.79 Å². The Labute approximate surface area is 117 Å². The van der Waals surface area contributed by atoms with Gasteiger partial charge in [-0.3, -0.25) is 4.79 Å². The quantitative estimate of drug-likeness (QED) is 0.524. The fourth-order valence-corrected chi connectivity index (χ4v) is 1.67. The van der Waals surface area contributed by atoms with Crippen LogP contribution in [0, 0.1) is 0 Å². The number of esters is 1. The molecular weight excluding hydrogens is 254 g/mol. The molecule has 2 aromatic carbocycles. The molecule has 0 spiro atoms. The molecule has 0 saturated heterocycles. The summed E-state index contributed by atoms with van der Waals surface area (Å²) < 4.78 is 5.09. The highest BCUT2D eigenvalue weighted by Crippen LogP contribution is 2.17. The van der Waals surface area contributed by atoms with Crippen LogP contribution in [0.1, 0.15) is 22.8 Å². The summed E-state index contributed by atoms with van der Waals surface area (Å²) in [6.07, 6.45) is 0. The predicted molar refractivity (Wildman–Crippen MR) is 75.6 cm³/mol. The predicted octanol–water partition coefficient (Wildman–Crippen LogP) is 2.17. The van der Waals surface area contributed by atoms with Gasteiger partial charge in [0.15, 0.2) is 5.78 Å². The normalized spacial score (nSPS) is 11.7. The van der Waals surface area contributed by atoms with E-state index in [1.54, 1.807) is 49.4 Å². The van der Waals surface area contributed by atoms with Crippen LogP contribution in [0.3, 0.4) is 0 Å². The molecule has 102 valence electrons. The van der Waals surface area contributed by atoms with Crippen molar-refractivity contribution in [3.63, 3.8) is 0 Å². The molecule has 2 aromatic rings. The number of carbonyl (C=O) groups excluding carboxylic acids is 2. The molecule has 0 fully saturated rings. The molecule has 1 atom stereocenters. The van der Waals surface area contributed by atoms with Crippen LogP contribution < -0.4 is 10.5 Å². The smallest absolute Gasteiger partial charge is 0.328 e. The molecule has 4 heteroatoms. The molecule has 0 bridgehead atoms. The van der Waals surface area contributed by atoms with Gasteiger partial charge in [0.1, 0.15) is 11.8 Å². The minimum atomic E-state index is -0.705. The molecule has 0 aliphatic heterocycles. The first-order valence-corrected chi connectivity index (χ1v) is 6.25. The first-order valence-electron chi connectivity index (χ1n) is 6.25. The molecule has 0 amide bonds. The average molecular weight is 269 g/mol. The summed E-state index contributed by atoms with van der Waals surface area (Å²) in [6.45, 7) is 1.54. The van der Waals surface area contributed by atoms with Crippen molar-refractivity contribution in [2.24, 2.45) is 5.73 Å². The summed E-state index contributed by atoms with van der Waals surface area (Å²) in [5.41, 5.74) is 6.48. The average Bonchev–Trinajstić information content (AvgIpc) is 2.47. The van der Waals surface area contributed by atoms with Gasteiger partial charge in [-0.05, 0) is 19.1 Å². The van der Waals surface area contributed by atoms with E-state index in [9.17, 15) is 9.59 Å². The van der Waals surface area contributed by atoms with E-state index in [0.29, 0.717) is 16.9 Å². The number of carbonyl (C=O) groups is 2. The molecule has 2 N–H and O–H groups in total. The lowest BCUT2D eigenvalue weighted by molar-refractivity contribution is -0.135. The Morgan fingerprint density at radius 3 is 2.30 bits per heavy atom. The van der Waals surface area contributed by atoms with Crippen molar-refractivity contribution in [2.75, 3.05) is 0 Å². The van der Waals surface area contributed by atoms with Gasteiger partial charge >= 0.3 is 5.97 Å². The summed E-state index contributed by atoms with van der Waals surface area (Å²) in [4.78, 5) is 23.7. The number of benzene rings is 2. The molecule has 0 aliphatic rings. The van der Waals surface area contributed by atoms with Crippen LogP contribution in [0.5, 0.6) is 5.75 Å². The fourth-order valence-electron chi connectivity index (χ4n) is 1.67. The minimum absolute atomic E-state index is 0.121. The fraction of sp³-hybridized carbons (Fsp3) is 0.125. The first kappa shape index (κ1) is 14.0. The van der Waals surface area contributed by atoms with Gasteiger partial charge in [0.05, 0.1) is 0 Å². The van der Waals surface area contributed by atoms with Crippen molar-refractivity contribution in [3.05, 3.63) is 65.7 Å². The Morgan fingerprint density at radius 1 is 1.00 bits per heavy atom. The Hall–Kier alpha value is -2.46.